The second kappa shape index (κ2) is 15.8. The van der Waals surface area contributed by atoms with Crippen molar-refractivity contribution < 1.29 is 26.4 Å². The molecule has 1 aromatic heterocycles. The fraction of sp³-hybridized carbons (Fsp3) is 0.289. The zero-order valence-electron chi connectivity index (χ0n) is 29.5. The molecule has 14 nitrogen and oxygen atoms in total. The van der Waals surface area contributed by atoms with E-state index in [2.05, 4.69) is 5.32 Å². The lowest BCUT2D eigenvalue weighted by Crippen LogP contribution is -2.51. The summed E-state index contributed by atoms with van der Waals surface area (Å²) in [6.45, 7) is 2.21. The molecule has 0 unspecified atom stereocenters. The monoisotopic (exact) mass is 771 g/mol. The van der Waals surface area contributed by atoms with Crippen LogP contribution in [0, 0.1) is 0 Å². The van der Waals surface area contributed by atoms with E-state index in [0.29, 0.717) is 55.0 Å². The van der Waals surface area contributed by atoms with Crippen LogP contribution in [0.3, 0.4) is 0 Å². The molecule has 282 valence electrons. The highest BCUT2D eigenvalue weighted by Gasteiger charge is 2.31. The van der Waals surface area contributed by atoms with Gasteiger partial charge in [0, 0.05) is 45.0 Å². The molecule has 0 saturated carbocycles. The number of fused-ring (bicyclic) bond motifs is 1. The first kappa shape index (κ1) is 37.3. The number of piperazine rings is 1. The Hall–Kier alpha value is -4.97. The lowest BCUT2D eigenvalue weighted by molar-refractivity contribution is -0.123. The van der Waals surface area contributed by atoms with Gasteiger partial charge < -0.3 is 15.8 Å². The minimum Gasteiger partial charge on any atom is -0.399 e. The number of nitrogens with two attached hydrogens (primary N) is 1. The Kier molecular flexibility index (Phi) is 10.9. The SMILES string of the molecule is Nc1ccc(S(=O)(=O)N2CCN(CC(=O)N[C@@H](Cc3ccccc3)c3nc4ccccc4c(=O)n3-c3ccc(S(=O)(=O)N4CCOCC4)cc3)CC2)cc1. The zero-order valence-corrected chi connectivity index (χ0v) is 31.1. The highest BCUT2D eigenvalue weighted by molar-refractivity contribution is 7.89. The van der Waals surface area contributed by atoms with Crippen LogP contribution in [0.25, 0.3) is 16.6 Å². The Labute approximate surface area is 313 Å². The number of aromatic nitrogens is 2. The number of benzene rings is 4. The standard InChI is InChI=1S/C38H41N7O7S2/c39-29-10-14-31(15-11-29)53(48,49)43-20-18-42(19-21-43)27-36(46)40-35(26-28-6-2-1-3-7-28)37-41-34-9-5-4-8-33(34)38(47)45(37)30-12-16-32(17-13-30)54(50,51)44-22-24-52-25-23-44/h1-17,35H,18-27,39H2,(H,40,46)/t35-/m0/s1. The van der Waals surface area contributed by atoms with E-state index in [9.17, 15) is 26.4 Å². The molecule has 3 N–H and O–H groups in total. The third-order valence-electron chi connectivity index (χ3n) is 9.65. The Bertz CT molecular complexity index is 2400. The maximum Gasteiger partial charge on any atom is 0.266 e. The molecule has 0 aliphatic carbocycles. The van der Waals surface area contributed by atoms with Gasteiger partial charge in [-0.15, -0.1) is 0 Å². The molecule has 2 saturated heterocycles. The lowest BCUT2D eigenvalue weighted by Gasteiger charge is -2.34. The highest BCUT2D eigenvalue weighted by atomic mass is 32.2. The van der Waals surface area contributed by atoms with Crippen LogP contribution in [-0.2, 0) is 36.0 Å². The molecule has 0 radical (unpaired) electrons. The number of anilines is 1. The van der Waals surface area contributed by atoms with E-state index < -0.39 is 26.1 Å². The Balaban J connectivity index is 1.17. The number of nitrogens with zero attached hydrogens (tertiary/aromatic N) is 5. The number of ether oxygens (including phenoxy) is 1. The van der Waals surface area contributed by atoms with Gasteiger partial charge in [0.1, 0.15) is 5.82 Å². The van der Waals surface area contributed by atoms with Crippen molar-refractivity contribution in [2.75, 3.05) is 64.8 Å². The second-order valence-corrected chi connectivity index (χ2v) is 17.1. The number of carbonyl (C=O) groups is 1. The van der Waals surface area contributed by atoms with E-state index >= 15 is 0 Å². The smallest absolute Gasteiger partial charge is 0.266 e. The molecule has 1 amide bonds. The molecule has 7 rings (SSSR count). The molecule has 54 heavy (non-hydrogen) atoms. The molecule has 2 aliphatic heterocycles. The maximum atomic E-state index is 14.3. The van der Waals surface area contributed by atoms with E-state index in [1.54, 1.807) is 48.5 Å². The van der Waals surface area contributed by atoms with Gasteiger partial charge in [-0.2, -0.15) is 8.61 Å². The maximum absolute atomic E-state index is 14.3. The van der Waals surface area contributed by atoms with E-state index in [1.807, 2.05) is 35.2 Å². The van der Waals surface area contributed by atoms with Crippen molar-refractivity contribution in [1.29, 1.82) is 0 Å². The number of hydrogen-bond donors (Lipinski definition) is 2. The molecule has 0 bridgehead atoms. The molecular weight excluding hydrogens is 731 g/mol. The van der Waals surface area contributed by atoms with Gasteiger partial charge in [0.05, 0.1) is 52.2 Å². The second-order valence-electron chi connectivity index (χ2n) is 13.2. The number of nitrogen functional groups attached to an aromatic ring is 1. The summed E-state index contributed by atoms with van der Waals surface area (Å²) in [5, 5.41) is 3.49. The minimum atomic E-state index is -3.78. The number of para-hydroxylation sites is 1. The topological polar surface area (TPSA) is 177 Å². The number of rotatable bonds is 11. The van der Waals surface area contributed by atoms with Gasteiger partial charge >= 0.3 is 0 Å². The summed E-state index contributed by atoms with van der Waals surface area (Å²) in [7, 11) is -7.50. The summed E-state index contributed by atoms with van der Waals surface area (Å²) >= 11 is 0. The number of carbonyl (C=O) groups excluding carboxylic acids is 1. The van der Waals surface area contributed by atoms with Crippen LogP contribution in [0.1, 0.15) is 17.4 Å². The molecule has 3 heterocycles. The van der Waals surface area contributed by atoms with Crippen LogP contribution in [0.2, 0.25) is 0 Å². The highest BCUT2D eigenvalue weighted by Crippen LogP contribution is 2.25. The molecule has 1 atom stereocenters. The van der Waals surface area contributed by atoms with E-state index in [1.165, 1.54) is 37.4 Å². The summed E-state index contributed by atoms with van der Waals surface area (Å²) in [5.74, 6) is -0.0502. The summed E-state index contributed by atoms with van der Waals surface area (Å²) < 4.78 is 62.8. The molecule has 16 heteroatoms. The van der Waals surface area contributed by atoms with Crippen molar-refractivity contribution in [3.63, 3.8) is 0 Å². The summed E-state index contributed by atoms with van der Waals surface area (Å²) in [6, 6.07) is 27.9. The quantitative estimate of drug-likeness (QED) is 0.190. The Morgan fingerprint density at radius 2 is 1.31 bits per heavy atom. The third kappa shape index (κ3) is 7.94. The van der Waals surface area contributed by atoms with Gasteiger partial charge in [-0.25, -0.2) is 21.8 Å². The van der Waals surface area contributed by atoms with Crippen molar-refractivity contribution in [2.45, 2.75) is 22.3 Å². The van der Waals surface area contributed by atoms with Crippen molar-refractivity contribution in [3.8, 4) is 5.69 Å². The van der Waals surface area contributed by atoms with Crippen LogP contribution in [-0.4, -0.2) is 105 Å². The minimum absolute atomic E-state index is 0.00699. The van der Waals surface area contributed by atoms with Crippen LogP contribution in [0.5, 0.6) is 0 Å². The zero-order chi connectivity index (χ0) is 37.9. The van der Waals surface area contributed by atoms with Crippen LogP contribution < -0.4 is 16.6 Å². The number of amides is 1. The fourth-order valence-corrected chi connectivity index (χ4v) is 9.58. The van der Waals surface area contributed by atoms with Crippen molar-refractivity contribution >= 4 is 42.5 Å². The van der Waals surface area contributed by atoms with Gasteiger partial charge in [-0.3, -0.25) is 19.1 Å². The Morgan fingerprint density at radius 3 is 1.96 bits per heavy atom. The first-order valence-electron chi connectivity index (χ1n) is 17.6. The normalized spacial score (nSPS) is 17.0. The van der Waals surface area contributed by atoms with Gasteiger partial charge in [-0.05, 0) is 72.6 Å². The van der Waals surface area contributed by atoms with E-state index in [0.717, 1.165) is 5.56 Å². The van der Waals surface area contributed by atoms with Gasteiger partial charge in [0.15, 0.2) is 0 Å². The van der Waals surface area contributed by atoms with Gasteiger partial charge in [0.2, 0.25) is 26.0 Å². The number of sulfonamides is 2. The number of morpholine rings is 1. The first-order valence-corrected chi connectivity index (χ1v) is 20.5. The average Bonchev–Trinajstić information content (AvgIpc) is 3.19. The predicted octanol–water partition coefficient (Wildman–Crippen LogP) is 2.40. The average molecular weight is 772 g/mol. The lowest BCUT2D eigenvalue weighted by atomic mass is 10.0. The Morgan fingerprint density at radius 1 is 0.741 bits per heavy atom. The van der Waals surface area contributed by atoms with E-state index in [-0.39, 0.29) is 59.8 Å². The van der Waals surface area contributed by atoms with Crippen LogP contribution in [0.4, 0.5) is 5.69 Å². The van der Waals surface area contributed by atoms with Crippen molar-refractivity contribution in [2.24, 2.45) is 0 Å². The molecule has 0 spiro atoms. The van der Waals surface area contributed by atoms with Crippen molar-refractivity contribution in [3.05, 3.63) is 125 Å². The van der Waals surface area contributed by atoms with Crippen LogP contribution >= 0.6 is 0 Å². The molecule has 2 aliphatic rings. The molecular formula is C38H41N7O7S2. The largest absolute Gasteiger partial charge is 0.399 e. The number of nitrogens with one attached hydrogen (secondary N) is 1. The number of hydrogen-bond acceptors (Lipinski definition) is 10. The van der Waals surface area contributed by atoms with Gasteiger partial charge in [0.25, 0.3) is 5.56 Å². The fourth-order valence-electron chi connectivity index (χ4n) is 6.75. The van der Waals surface area contributed by atoms with Crippen LogP contribution in [0.15, 0.2) is 118 Å². The third-order valence-corrected chi connectivity index (χ3v) is 13.5. The first-order chi connectivity index (χ1) is 26.0. The van der Waals surface area contributed by atoms with Crippen molar-refractivity contribution in [1.82, 2.24) is 28.4 Å². The van der Waals surface area contributed by atoms with Gasteiger partial charge in [-0.1, -0.05) is 42.5 Å². The molecule has 2 fully saturated rings. The summed E-state index contributed by atoms with van der Waals surface area (Å²) in [5.41, 5.74) is 7.58. The molecule has 5 aromatic rings. The predicted molar refractivity (Wildman–Crippen MR) is 204 cm³/mol. The summed E-state index contributed by atoms with van der Waals surface area (Å²) in [6.07, 6.45) is 0.300. The van der Waals surface area contributed by atoms with E-state index in [4.69, 9.17) is 15.5 Å². The molecule has 4 aromatic carbocycles. The summed E-state index contributed by atoms with van der Waals surface area (Å²) in [4.78, 5) is 35.2.